The molecule has 14 rings (SSSR count). The van der Waals surface area contributed by atoms with Gasteiger partial charge < -0.3 is 0 Å². The number of benzene rings is 6. The molecule has 0 aliphatic heterocycles. The van der Waals surface area contributed by atoms with E-state index in [4.69, 9.17) is 11.6 Å². The van der Waals surface area contributed by atoms with Gasteiger partial charge in [-0.2, -0.15) is 10.2 Å². The molecule has 0 radical (unpaired) electrons. The molecule has 0 atom stereocenters. The van der Waals surface area contributed by atoms with Crippen LogP contribution in [0.3, 0.4) is 0 Å². The minimum absolute atomic E-state index is 0.376. The first-order chi connectivity index (χ1) is 37.1. The summed E-state index contributed by atoms with van der Waals surface area (Å²) >= 11 is 6.08. The molecule has 0 amide bonds. The number of fused-ring (bicyclic) bond motifs is 3. The summed E-state index contributed by atoms with van der Waals surface area (Å²) in [5, 5.41) is 34.4. The number of aromatic nitrogens is 9. The van der Waals surface area contributed by atoms with Crippen LogP contribution in [0.5, 0.6) is 0 Å². The van der Waals surface area contributed by atoms with Crippen LogP contribution in [0.25, 0.3) is 99.5 Å². The molecule has 0 bridgehead atoms. The third-order valence-electron chi connectivity index (χ3n) is 13.5. The first kappa shape index (κ1) is 48.4. The largest absolute Gasteiger partial charge is 0.265 e. The number of hydrogen-bond acceptors (Lipinski definition) is 9. The van der Waals surface area contributed by atoms with Gasteiger partial charge in [-0.15, -0.1) is 20.4 Å². The molecule has 75 heavy (non-hydrogen) atoms. The molecule has 2 aliphatic carbocycles. The third kappa shape index (κ3) is 10.8. The zero-order valence-corrected chi connectivity index (χ0v) is 42.4. The predicted octanol–water partition coefficient (Wildman–Crippen LogP) is 16.5. The SMILES string of the molecule is CC.Clc1cc(-c2ccncc2)c(-c2cccc3ccccc23)nn1.c1ccc2c(-c3nnc(C4CC4)cc3-c3ccncc3)cccc2c1.c1ccc2c(-c3nnc(C4CC4)cc3-c3ccncc3)cccc2c1. The number of halogens is 1. The zero-order chi connectivity index (χ0) is 50.9. The van der Waals surface area contributed by atoms with Gasteiger partial charge in [0.1, 0.15) is 17.1 Å². The first-order valence-corrected chi connectivity index (χ1v) is 25.9. The maximum absolute atomic E-state index is 6.08. The van der Waals surface area contributed by atoms with Crippen LogP contribution in [0.4, 0.5) is 0 Å². The van der Waals surface area contributed by atoms with Crippen molar-refractivity contribution in [2.75, 3.05) is 0 Å². The van der Waals surface area contributed by atoms with Crippen molar-refractivity contribution in [1.82, 2.24) is 45.5 Å². The summed E-state index contributed by atoms with van der Waals surface area (Å²) in [6.07, 6.45) is 15.7. The molecule has 10 heteroatoms. The molecule has 6 aromatic heterocycles. The predicted molar refractivity (Wildman–Crippen MR) is 305 cm³/mol. The molecule has 0 N–H and O–H groups in total. The van der Waals surface area contributed by atoms with Crippen LogP contribution in [-0.4, -0.2) is 45.5 Å². The molecule has 9 nitrogen and oxygen atoms in total. The normalized spacial score (nSPS) is 12.7. The lowest BCUT2D eigenvalue weighted by molar-refractivity contribution is 0.917. The van der Waals surface area contributed by atoms with Crippen LogP contribution in [0, 0.1) is 0 Å². The van der Waals surface area contributed by atoms with Gasteiger partial charge in [-0.05, 0) is 129 Å². The summed E-state index contributed by atoms with van der Waals surface area (Å²) in [4.78, 5) is 12.4. The van der Waals surface area contributed by atoms with Crippen LogP contribution in [-0.2, 0) is 0 Å². The van der Waals surface area contributed by atoms with Crippen molar-refractivity contribution in [1.29, 1.82) is 0 Å². The van der Waals surface area contributed by atoms with Crippen LogP contribution in [0.1, 0.15) is 62.8 Å². The Hall–Kier alpha value is -8.92. The molecule has 2 saturated carbocycles. The van der Waals surface area contributed by atoms with E-state index in [0.29, 0.717) is 17.0 Å². The van der Waals surface area contributed by atoms with Gasteiger partial charge >= 0.3 is 0 Å². The van der Waals surface area contributed by atoms with E-state index in [1.165, 1.54) is 52.6 Å². The second kappa shape index (κ2) is 22.5. The highest BCUT2D eigenvalue weighted by Gasteiger charge is 2.28. The van der Waals surface area contributed by atoms with Crippen molar-refractivity contribution in [2.24, 2.45) is 0 Å². The maximum Gasteiger partial charge on any atom is 0.152 e. The van der Waals surface area contributed by atoms with E-state index < -0.39 is 0 Å². The monoisotopic (exact) mass is 993 g/mol. The number of pyridine rings is 3. The summed E-state index contributed by atoms with van der Waals surface area (Å²) in [7, 11) is 0. The number of rotatable bonds is 8. The molecule has 2 fully saturated rings. The van der Waals surface area contributed by atoms with Gasteiger partial charge in [-0.25, -0.2) is 0 Å². The Kier molecular flexibility index (Phi) is 14.5. The topological polar surface area (TPSA) is 116 Å². The second-order valence-electron chi connectivity index (χ2n) is 18.3. The van der Waals surface area contributed by atoms with E-state index in [1.807, 2.05) is 99.3 Å². The van der Waals surface area contributed by atoms with Crippen molar-refractivity contribution < 1.29 is 0 Å². The fraction of sp³-hybridized carbons (Fsp3) is 0.123. The van der Waals surface area contributed by atoms with E-state index in [1.54, 1.807) is 12.4 Å². The molecule has 364 valence electrons. The first-order valence-electron chi connectivity index (χ1n) is 25.6. The Balaban J connectivity index is 0.000000119. The Labute approximate surface area is 441 Å². The highest BCUT2D eigenvalue weighted by molar-refractivity contribution is 6.29. The molecule has 12 aromatic rings. The summed E-state index contributed by atoms with van der Waals surface area (Å²) in [6.45, 7) is 4.00. The number of hydrogen-bond donors (Lipinski definition) is 0. The third-order valence-corrected chi connectivity index (χ3v) is 13.7. The minimum Gasteiger partial charge on any atom is -0.265 e. The van der Waals surface area contributed by atoms with E-state index in [2.05, 4.69) is 167 Å². The molecular formula is C65H52ClN9. The Morgan fingerprint density at radius 1 is 0.320 bits per heavy atom. The second-order valence-corrected chi connectivity index (χ2v) is 18.7. The van der Waals surface area contributed by atoms with Crippen LogP contribution in [0.2, 0.25) is 5.15 Å². The average molecular weight is 995 g/mol. The van der Waals surface area contributed by atoms with Gasteiger partial charge in [0.25, 0.3) is 0 Å². The fourth-order valence-corrected chi connectivity index (χ4v) is 9.63. The van der Waals surface area contributed by atoms with E-state index in [0.717, 1.165) is 83.9 Å². The maximum atomic E-state index is 6.08. The van der Waals surface area contributed by atoms with Crippen LogP contribution in [0.15, 0.2) is 219 Å². The quantitative estimate of drug-likeness (QED) is 0.147. The van der Waals surface area contributed by atoms with Crippen LogP contribution >= 0.6 is 11.6 Å². The molecule has 2 aliphatic rings. The highest BCUT2D eigenvalue weighted by atomic mass is 35.5. The molecule has 6 aromatic carbocycles. The highest BCUT2D eigenvalue weighted by Crippen LogP contribution is 2.44. The summed E-state index contributed by atoms with van der Waals surface area (Å²) in [6, 6.07) is 62.4. The summed E-state index contributed by atoms with van der Waals surface area (Å²) in [5.74, 6) is 1.16. The van der Waals surface area contributed by atoms with E-state index >= 15 is 0 Å². The van der Waals surface area contributed by atoms with Crippen molar-refractivity contribution in [3.8, 4) is 67.2 Å². The van der Waals surface area contributed by atoms with E-state index in [-0.39, 0.29) is 0 Å². The lowest BCUT2D eigenvalue weighted by atomic mass is 9.95. The molecule has 0 unspecified atom stereocenters. The molecule has 0 spiro atoms. The van der Waals surface area contributed by atoms with Crippen molar-refractivity contribution in [3.63, 3.8) is 0 Å². The fourth-order valence-electron chi connectivity index (χ4n) is 9.49. The smallest absolute Gasteiger partial charge is 0.152 e. The standard InChI is InChI=1S/2C22H17N3.C19H12ClN3.C2H6/c2*1-2-6-18-15(4-1)5-3-7-19(18)22-20(16-10-12-23-13-11-16)14-21(24-25-22)17-8-9-17;20-18-12-17(14-8-10-21-11-9-14)19(23-22-18)16-7-3-5-13-4-1-2-6-15(13)16;1-2/h2*1-7,10-14,17H,8-9H2;1-12H;1-2H3. The van der Waals surface area contributed by atoms with Gasteiger partial charge in [0.05, 0.1) is 11.4 Å². The van der Waals surface area contributed by atoms with Crippen molar-refractivity contribution in [2.45, 2.75) is 51.4 Å². The van der Waals surface area contributed by atoms with Gasteiger partial charge in [-0.3, -0.25) is 15.0 Å². The summed E-state index contributed by atoms with van der Waals surface area (Å²) < 4.78 is 0. The van der Waals surface area contributed by atoms with Gasteiger partial charge in [0.2, 0.25) is 0 Å². The van der Waals surface area contributed by atoms with Gasteiger partial charge in [-0.1, -0.05) is 153 Å². The molecular weight excluding hydrogens is 942 g/mol. The van der Waals surface area contributed by atoms with Gasteiger partial charge in [0, 0.05) is 82.4 Å². The zero-order valence-electron chi connectivity index (χ0n) is 41.7. The lowest BCUT2D eigenvalue weighted by Gasteiger charge is -2.12. The summed E-state index contributed by atoms with van der Waals surface area (Å²) in [5.41, 5.74) is 14.7. The van der Waals surface area contributed by atoms with Crippen molar-refractivity contribution >= 4 is 43.9 Å². The van der Waals surface area contributed by atoms with Crippen LogP contribution < -0.4 is 0 Å². The van der Waals surface area contributed by atoms with E-state index in [9.17, 15) is 0 Å². The molecule has 6 heterocycles. The minimum atomic E-state index is 0.376. The average Bonchev–Trinajstić information content (AvgIpc) is 4.45. The lowest BCUT2D eigenvalue weighted by Crippen LogP contribution is -1.98. The molecule has 0 saturated heterocycles. The van der Waals surface area contributed by atoms with Gasteiger partial charge in [0.15, 0.2) is 5.15 Å². The Morgan fingerprint density at radius 2 is 0.627 bits per heavy atom. The number of nitrogens with zero attached hydrogens (tertiary/aromatic N) is 9. The Morgan fingerprint density at radius 3 is 0.973 bits per heavy atom. The van der Waals surface area contributed by atoms with Crippen molar-refractivity contribution in [3.05, 3.63) is 236 Å². The Bertz CT molecular complexity index is 3710.